The van der Waals surface area contributed by atoms with Crippen LogP contribution in [-0.2, 0) is 23.2 Å². The van der Waals surface area contributed by atoms with Gasteiger partial charge in [-0.25, -0.2) is 4.98 Å². The van der Waals surface area contributed by atoms with Crippen molar-refractivity contribution in [1.29, 1.82) is 0 Å². The first kappa shape index (κ1) is 23.5. The van der Waals surface area contributed by atoms with Gasteiger partial charge in [0.05, 0.1) is 18.5 Å². The maximum atomic E-state index is 13.0. The summed E-state index contributed by atoms with van der Waals surface area (Å²) in [5.74, 6) is 0.716. The predicted molar refractivity (Wildman–Crippen MR) is 129 cm³/mol. The number of benzene rings is 2. The lowest BCUT2D eigenvalue weighted by Crippen LogP contribution is -2.52. The van der Waals surface area contributed by atoms with Gasteiger partial charge in [-0.2, -0.15) is 0 Å². The molecule has 0 spiro atoms. The van der Waals surface area contributed by atoms with Crippen molar-refractivity contribution < 1.29 is 19.1 Å². The van der Waals surface area contributed by atoms with Crippen molar-refractivity contribution in [3.63, 3.8) is 0 Å². The smallest absolute Gasteiger partial charge is 0.255 e. The second-order valence-electron chi connectivity index (χ2n) is 8.43. The summed E-state index contributed by atoms with van der Waals surface area (Å²) in [6.07, 6.45) is 0.587. The highest BCUT2D eigenvalue weighted by atomic mass is 35.5. The minimum atomic E-state index is -0.622. The summed E-state index contributed by atoms with van der Waals surface area (Å²) in [6.45, 7) is 2.31. The fourth-order valence-corrected chi connectivity index (χ4v) is 4.76. The van der Waals surface area contributed by atoms with E-state index in [-0.39, 0.29) is 30.6 Å². The number of piperidine rings is 1. The number of nitrogens with one attached hydrogen (secondary N) is 1. The minimum absolute atomic E-state index is 0. The molecule has 3 amide bonds. The molecule has 1 unspecified atom stereocenters. The molecule has 9 heteroatoms. The molecule has 2 aliphatic rings. The van der Waals surface area contributed by atoms with Crippen LogP contribution in [0.1, 0.15) is 34.5 Å². The Hall–Kier alpha value is -3.65. The highest BCUT2D eigenvalue weighted by Gasteiger charge is 2.39. The van der Waals surface area contributed by atoms with Crippen LogP contribution in [0, 0.1) is 6.92 Å². The lowest BCUT2D eigenvalue weighted by Gasteiger charge is -2.29. The lowest BCUT2D eigenvalue weighted by atomic mass is 10.0. The Morgan fingerprint density at radius 3 is 2.44 bits per heavy atom. The molecular formula is C25H25ClN4O4. The van der Waals surface area contributed by atoms with Crippen molar-refractivity contribution in [3.05, 3.63) is 59.3 Å². The van der Waals surface area contributed by atoms with Crippen LogP contribution in [0.4, 0.5) is 0 Å². The summed E-state index contributed by atoms with van der Waals surface area (Å²) in [5.41, 5.74) is 5.29. The Morgan fingerprint density at radius 1 is 1.06 bits per heavy atom. The van der Waals surface area contributed by atoms with Gasteiger partial charge in [0.25, 0.3) is 5.91 Å². The van der Waals surface area contributed by atoms with E-state index in [1.807, 2.05) is 54.9 Å². The Bertz CT molecular complexity index is 1300. The average molecular weight is 481 g/mol. The third-order valence-corrected chi connectivity index (χ3v) is 6.41. The Morgan fingerprint density at radius 2 is 1.76 bits per heavy atom. The first-order chi connectivity index (χ1) is 15.9. The number of amides is 3. The quantitative estimate of drug-likeness (QED) is 0.578. The van der Waals surface area contributed by atoms with E-state index in [4.69, 9.17) is 9.72 Å². The molecule has 2 aromatic carbocycles. The SMILES string of the molecule is COc1ccc(-c2c(C)nc(-c3ccc4c(c3)CN(C3CCC(=O)NC3=O)C4=O)n2C)cc1.Cl. The highest BCUT2D eigenvalue weighted by Crippen LogP contribution is 2.33. The minimum Gasteiger partial charge on any atom is -0.497 e. The maximum Gasteiger partial charge on any atom is 0.255 e. The average Bonchev–Trinajstić information content (AvgIpc) is 3.29. The number of methoxy groups -OCH3 is 1. The summed E-state index contributed by atoms with van der Waals surface area (Å²) >= 11 is 0. The van der Waals surface area contributed by atoms with Crippen LogP contribution in [-0.4, -0.2) is 45.3 Å². The molecule has 1 N–H and O–H groups in total. The number of aryl methyl sites for hydroxylation is 1. The number of rotatable bonds is 4. The molecular weight excluding hydrogens is 456 g/mol. The number of aromatic nitrogens is 2. The van der Waals surface area contributed by atoms with Gasteiger partial charge in [-0.15, -0.1) is 12.4 Å². The van der Waals surface area contributed by atoms with E-state index in [2.05, 4.69) is 5.32 Å². The number of nitrogens with zero attached hydrogens (tertiary/aromatic N) is 3. The lowest BCUT2D eigenvalue weighted by molar-refractivity contribution is -0.136. The van der Waals surface area contributed by atoms with Gasteiger partial charge in [0.2, 0.25) is 11.8 Å². The van der Waals surface area contributed by atoms with Gasteiger partial charge in [-0.1, -0.05) is 6.07 Å². The fraction of sp³-hybridized carbons (Fsp3) is 0.280. The summed E-state index contributed by atoms with van der Waals surface area (Å²) < 4.78 is 7.31. The molecule has 1 fully saturated rings. The third kappa shape index (κ3) is 3.84. The van der Waals surface area contributed by atoms with Crippen molar-refractivity contribution in [2.24, 2.45) is 7.05 Å². The van der Waals surface area contributed by atoms with Crippen molar-refractivity contribution in [2.45, 2.75) is 32.4 Å². The van der Waals surface area contributed by atoms with Gasteiger partial charge in [0.15, 0.2) is 0 Å². The molecule has 0 saturated carbocycles. The van der Waals surface area contributed by atoms with Gasteiger partial charge in [-0.05, 0) is 55.3 Å². The molecule has 0 bridgehead atoms. The standard InChI is InChI=1S/C25H24N4O4.ClH/c1-14-22(15-4-7-18(33-3)8-5-15)28(2)23(26-14)16-6-9-19-17(12-16)13-29(25(19)32)20-10-11-21(30)27-24(20)31;/h4-9,12,20H,10-11,13H2,1-3H3,(H,27,30,31);1H. The molecule has 1 aromatic heterocycles. The Balaban J connectivity index is 0.00000274. The van der Waals surface area contributed by atoms with E-state index in [9.17, 15) is 14.4 Å². The molecule has 5 rings (SSSR count). The molecule has 176 valence electrons. The summed E-state index contributed by atoms with van der Waals surface area (Å²) in [4.78, 5) is 43.1. The molecule has 3 aromatic rings. The van der Waals surface area contributed by atoms with Crippen molar-refractivity contribution in [2.75, 3.05) is 7.11 Å². The fourth-order valence-electron chi connectivity index (χ4n) is 4.76. The number of ether oxygens (including phenoxy) is 1. The Kier molecular flexibility index (Phi) is 6.18. The molecule has 34 heavy (non-hydrogen) atoms. The number of imidazole rings is 1. The molecule has 2 aliphatic heterocycles. The largest absolute Gasteiger partial charge is 0.497 e. The second kappa shape index (κ2) is 8.95. The first-order valence-electron chi connectivity index (χ1n) is 10.8. The van der Waals surface area contributed by atoms with Gasteiger partial charge in [0.1, 0.15) is 17.6 Å². The molecule has 1 saturated heterocycles. The van der Waals surface area contributed by atoms with Crippen LogP contribution in [0.15, 0.2) is 42.5 Å². The first-order valence-corrected chi connectivity index (χ1v) is 10.8. The van der Waals surface area contributed by atoms with Crippen LogP contribution >= 0.6 is 12.4 Å². The zero-order valence-corrected chi connectivity index (χ0v) is 19.9. The zero-order chi connectivity index (χ0) is 23.3. The topological polar surface area (TPSA) is 93.5 Å². The van der Waals surface area contributed by atoms with E-state index in [0.29, 0.717) is 18.5 Å². The number of halogens is 1. The van der Waals surface area contributed by atoms with E-state index < -0.39 is 11.9 Å². The number of carbonyl (C=O) groups excluding carboxylic acids is 3. The van der Waals surface area contributed by atoms with E-state index >= 15 is 0 Å². The summed E-state index contributed by atoms with van der Waals surface area (Å²) in [5, 5.41) is 2.34. The number of imide groups is 1. The number of fused-ring (bicyclic) bond motifs is 1. The van der Waals surface area contributed by atoms with E-state index in [1.165, 1.54) is 0 Å². The number of carbonyl (C=O) groups is 3. The van der Waals surface area contributed by atoms with Crippen LogP contribution in [0.2, 0.25) is 0 Å². The molecule has 0 radical (unpaired) electrons. The molecule has 8 nitrogen and oxygen atoms in total. The van der Waals surface area contributed by atoms with E-state index in [0.717, 1.165) is 39.7 Å². The maximum absolute atomic E-state index is 13.0. The number of hydrogen-bond acceptors (Lipinski definition) is 5. The summed E-state index contributed by atoms with van der Waals surface area (Å²) in [6, 6.07) is 12.9. The molecule has 3 heterocycles. The second-order valence-corrected chi connectivity index (χ2v) is 8.43. The molecule has 1 atom stereocenters. The van der Waals surface area contributed by atoms with E-state index in [1.54, 1.807) is 18.1 Å². The zero-order valence-electron chi connectivity index (χ0n) is 19.1. The van der Waals surface area contributed by atoms with Gasteiger partial charge in [-0.3, -0.25) is 19.7 Å². The van der Waals surface area contributed by atoms with Crippen LogP contribution in [0.25, 0.3) is 22.6 Å². The monoisotopic (exact) mass is 480 g/mol. The van der Waals surface area contributed by atoms with Gasteiger partial charge in [0, 0.05) is 36.7 Å². The van der Waals surface area contributed by atoms with Crippen LogP contribution in [0.5, 0.6) is 5.75 Å². The highest BCUT2D eigenvalue weighted by molar-refractivity contribution is 6.05. The van der Waals surface area contributed by atoms with Crippen molar-refractivity contribution in [3.8, 4) is 28.4 Å². The third-order valence-electron chi connectivity index (χ3n) is 6.41. The molecule has 0 aliphatic carbocycles. The number of hydrogen-bond donors (Lipinski definition) is 1. The normalized spacial score (nSPS) is 17.3. The van der Waals surface area contributed by atoms with Crippen LogP contribution in [0.3, 0.4) is 0 Å². The predicted octanol–water partition coefficient (Wildman–Crippen LogP) is 3.25. The Labute approximate surface area is 203 Å². The van der Waals surface area contributed by atoms with Gasteiger partial charge >= 0.3 is 0 Å². The van der Waals surface area contributed by atoms with Gasteiger partial charge < -0.3 is 14.2 Å². The van der Waals surface area contributed by atoms with Crippen molar-refractivity contribution in [1.82, 2.24) is 19.8 Å². The van der Waals surface area contributed by atoms with Crippen molar-refractivity contribution >= 4 is 30.1 Å². The van der Waals surface area contributed by atoms with Crippen LogP contribution < -0.4 is 10.1 Å². The summed E-state index contributed by atoms with van der Waals surface area (Å²) in [7, 11) is 3.62.